The average Bonchev–Trinajstić information content (AvgIpc) is 3.40. The zero-order valence-corrected chi connectivity index (χ0v) is 19.4. The number of benzene rings is 1. The second kappa shape index (κ2) is 7.15. The SMILES string of the molecule is CCC1(c2cccc(N(C)c3cnn(C)c3)c2)C2=CN=NC2NC2=C1C(=O)CC(C)(C)C2. The molecule has 1 aromatic heterocycles. The van der Waals surface area contributed by atoms with Crippen molar-refractivity contribution in [2.24, 2.45) is 22.7 Å². The van der Waals surface area contributed by atoms with Crippen molar-refractivity contribution in [1.29, 1.82) is 0 Å². The maximum absolute atomic E-state index is 13.6. The Morgan fingerprint density at radius 1 is 1.25 bits per heavy atom. The van der Waals surface area contributed by atoms with E-state index in [1.165, 1.54) is 0 Å². The van der Waals surface area contributed by atoms with Crippen molar-refractivity contribution in [3.63, 3.8) is 0 Å². The van der Waals surface area contributed by atoms with E-state index >= 15 is 0 Å². The van der Waals surface area contributed by atoms with Crippen LogP contribution in [0.25, 0.3) is 0 Å². The third kappa shape index (κ3) is 3.02. The number of ketones is 1. The first kappa shape index (κ1) is 20.7. The molecule has 32 heavy (non-hydrogen) atoms. The Labute approximate surface area is 188 Å². The number of nitrogens with zero attached hydrogens (tertiary/aromatic N) is 5. The Kier molecular flexibility index (Phi) is 4.62. The molecular formula is C25H30N6O. The fraction of sp³-hybridized carbons (Fsp3) is 0.440. The monoisotopic (exact) mass is 430 g/mol. The van der Waals surface area contributed by atoms with Gasteiger partial charge in [0, 0.05) is 49.2 Å². The molecule has 0 saturated carbocycles. The minimum atomic E-state index is -0.534. The van der Waals surface area contributed by atoms with Gasteiger partial charge in [-0.2, -0.15) is 15.3 Å². The van der Waals surface area contributed by atoms with E-state index in [-0.39, 0.29) is 17.4 Å². The predicted octanol–water partition coefficient (Wildman–Crippen LogP) is 4.76. The van der Waals surface area contributed by atoms with Crippen LogP contribution in [0.2, 0.25) is 0 Å². The van der Waals surface area contributed by atoms with E-state index in [0.29, 0.717) is 6.42 Å². The summed E-state index contributed by atoms with van der Waals surface area (Å²) in [4.78, 5) is 15.7. The molecule has 0 spiro atoms. The zero-order chi connectivity index (χ0) is 22.7. The van der Waals surface area contributed by atoms with Gasteiger partial charge >= 0.3 is 0 Å². The van der Waals surface area contributed by atoms with Crippen molar-refractivity contribution < 1.29 is 4.79 Å². The summed E-state index contributed by atoms with van der Waals surface area (Å²) in [5.74, 6) is 0.225. The van der Waals surface area contributed by atoms with Crippen LogP contribution in [0.1, 0.15) is 45.6 Å². The number of allylic oxidation sites excluding steroid dienone is 2. The Morgan fingerprint density at radius 2 is 2.06 bits per heavy atom. The van der Waals surface area contributed by atoms with Crippen molar-refractivity contribution in [2.45, 2.75) is 51.6 Å². The molecule has 3 heterocycles. The van der Waals surface area contributed by atoms with Gasteiger partial charge in [0.2, 0.25) is 0 Å². The quantitative estimate of drug-likeness (QED) is 0.759. The maximum atomic E-state index is 13.6. The van der Waals surface area contributed by atoms with Crippen molar-refractivity contribution in [1.82, 2.24) is 15.1 Å². The molecular weight excluding hydrogens is 400 g/mol. The number of fused-ring (bicyclic) bond motifs is 1. The number of carbonyl (C=O) groups excluding carboxylic acids is 1. The number of carbonyl (C=O) groups is 1. The van der Waals surface area contributed by atoms with Crippen LogP contribution < -0.4 is 10.2 Å². The van der Waals surface area contributed by atoms with E-state index in [9.17, 15) is 4.79 Å². The molecule has 3 aliphatic rings. The number of azo groups is 1. The summed E-state index contributed by atoms with van der Waals surface area (Å²) in [6.45, 7) is 6.49. The van der Waals surface area contributed by atoms with Crippen LogP contribution in [0.3, 0.4) is 0 Å². The second-order valence-electron chi connectivity index (χ2n) is 9.90. The van der Waals surface area contributed by atoms with Crippen LogP contribution in [-0.4, -0.2) is 28.8 Å². The van der Waals surface area contributed by atoms with Gasteiger partial charge in [-0.25, -0.2) is 0 Å². The Hall–Kier alpha value is -3.22. The number of nitrogens with one attached hydrogen (secondary N) is 1. The molecule has 166 valence electrons. The Bertz CT molecular complexity index is 1190. The van der Waals surface area contributed by atoms with Crippen molar-refractivity contribution in [3.8, 4) is 0 Å². The number of hydrogen-bond acceptors (Lipinski definition) is 6. The summed E-state index contributed by atoms with van der Waals surface area (Å²) < 4.78 is 1.80. The van der Waals surface area contributed by atoms with Gasteiger partial charge < -0.3 is 10.2 Å². The summed E-state index contributed by atoms with van der Waals surface area (Å²) in [7, 11) is 3.96. The van der Waals surface area contributed by atoms with Gasteiger partial charge in [0.1, 0.15) is 0 Å². The highest BCUT2D eigenvalue weighted by molar-refractivity contribution is 6.01. The van der Waals surface area contributed by atoms with E-state index in [1.807, 2.05) is 32.7 Å². The first-order chi connectivity index (χ1) is 15.2. The van der Waals surface area contributed by atoms with Gasteiger partial charge in [0.15, 0.2) is 11.9 Å². The van der Waals surface area contributed by atoms with E-state index in [2.05, 4.69) is 70.6 Å². The van der Waals surface area contributed by atoms with E-state index < -0.39 is 5.41 Å². The highest BCUT2D eigenvalue weighted by Gasteiger charge is 2.53. The smallest absolute Gasteiger partial charge is 0.164 e. The van der Waals surface area contributed by atoms with E-state index in [1.54, 1.807) is 4.68 Å². The van der Waals surface area contributed by atoms with Gasteiger partial charge in [-0.05, 0) is 36.0 Å². The van der Waals surface area contributed by atoms with Crippen LogP contribution in [0, 0.1) is 5.41 Å². The maximum Gasteiger partial charge on any atom is 0.164 e. The molecule has 1 N–H and O–H groups in total. The first-order valence-corrected chi connectivity index (χ1v) is 11.2. The Morgan fingerprint density at radius 3 is 2.78 bits per heavy atom. The van der Waals surface area contributed by atoms with Crippen LogP contribution in [0.4, 0.5) is 11.4 Å². The van der Waals surface area contributed by atoms with Gasteiger partial charge in [-0.3, -0.25) is 9.48 Å². The number of rotatable bonds is 4. The van der Waals surface area contributed by atoms with Crippen LogP contribution in [0.5, 0.6) is 0 Å². The molecule has 0 fully saturated rings. The molecule has 1 aliphatic carbocycles. The molecule has 2 unspecified atom stereocenters. The van der Waals surface area contributed by atoms with Crippen molar-refractivity contribution >= 4 is 17.2 Å². The summed E-state index contributed by atoms with van der Waals surface area (Å²) in [6.07, 6.45) is 7.65. The molecule has 0 saturated heterocycles. The minimum Gasteiger partial charge on any atom is -0.362 e. The summed E-state index contributed by atoms with van der Waals surface area (Å²) in [5, 5.41) is 16.6. The number of Topliss-reactive ketones (excluding diaryl/α,β-unsaturated/α-hetero) is 1. The number of anilines is 2. The largest absolute Gasteiger partial charge is 0.362 e. The normalized spacial score (nSPS) is 25.8. The number of hydrogen-bond donors (Lipinski definition) is 1. The second-order valence-corrected chi connectivity index (χ2v) is 9.90. The summed E-state index contributed by atoms with van der Waals surface area (Å²) >= 11 is 0. The first-order valence-electron chi connectivity index (χ1n) is 11.2. The predicted molar refractivity (Wildman–Crippen MR) is 125 cm³/mol. The molecule has 5 rings (SSSR count). The molecule has 2 atom stereocenters. The lowest BCUT2D eigenvalue weighted by molar-refractivity contribution is -0.119. The van der Waals surface area contributed by atoms with Gasteiger partial charge in [-0.1, -0.05) is 32.9 Å². The minimum absolute atomic E-state index is 0.0677. The van der Waals surface area contributed by atoms with Crippen molar-refractivity contribution in [3.05, 3.63) is 65.3 Å². The van der Waals surface area contributed by atoms with E-state index in [0.717, 1.165) is 46.6 Å². The highest BCUT2D eigenvalue weighted by Crippen LogP contribution is 2.54. The third-order valence-electron chi connectivity index (χ3n) is 7.11. The topological polar surface area (TPSA) is 74.9 Å². The molecule has 7 heteroatoms. The standard InChI is InChI=1S/C25H30N6O/c1-6-25(16-8-7-9-17(10-16)31(5)18-13-27-30(4)15-18)19-14-26-29-23(19)28-20-11-24(2,3)12-21(32)22(20)25/h7-10,13-15,23,28H,6,11-12H2,1-5H3. The van der Waals surface area contributed by atoms with Crippen molar-refractivity contribution in [2.75, 3.05) is 11.9 Å². The molecule has 0 amide bonds. The van der Waals surface area contributed by atoms with Crippen LogP contribution in [-0.2, 0) is 17.3 Å². The highest BCUT2D eigenvalue weighted by atomic mass is 16.1. The van der Waals surface area contributed by atoms with Crippen LogP contribution >= 0.6 is 0 Å². The summed E-state index contributed by atoms with van der Waals surface area (Å²) in [6, 6.07) is 8.52. The molecule has 7 nitrogen and oxygen atoms in total. The van der Waals surface area contributed by atoms with Gasteiger partial charge in [0.05, 0.1) is 23.5 Å². The molecule has 0 bridgehead atoms. The molecule has 2 aromatic rings. The number of aromatic nitrogens is 2. The molecule has 0 radical (unpaired) electrons. The number of aryl methyl sites for hydroxylation is 1. The zero-order valence-electron chi connectivity index (χ0n) is 19.4. The third-order valence-corrected chi connectivity index (χ3v) is 7.11. The van der Waals surface area contributed by atoms with Crippen LogP contribution in [0.15, 0.2) is 69.9 Å². The van der Waals surface area contributed by atoms with E-state index in [4.69, 9.17) is 0 Å². The molecule has 1 aromatic carbocycles. The lowest BCUT2D eigenvalue weighted by Crippen LogP contribution is -2.51. The average molecular weight is 431 g/mol. The summed E-state index contributed by atoms with van der Waals surface area (Å²) in [5.41, 5.74) is 5.57. The Balaban J connectivity index is 1.68. The van der Waals surface area contributed by atoms with Gasteiger partial charge in [0.25, 0.3) is 0 Å². The fourth-order valence-corrected chi connectivity index (χ4v) is 5.60. The lowest BCUT2D eigenvalue weighted by atomic mass is 9.59. The fourth-order valence-electron chi connectivity index (χ4n) is 5.60. The lowest BCUT2D eigenvalue weighted by Gasteiger charge is -2.48. The van der Waals surface area contributed by atoms with Gasteiger partial charge in [-0.15, -0.1) is 0 Å². The molecule has 2 aliphatic heterocycles.